The number of H-pyrrole nitrogens is 1. The van der Waals surface area contributed by atoms with Gasteiger partial charge in [0, 0.05) is 25.7 Å². The summed E-state index contributed by atoms with van der Waals surface area (Å²) in [6, 6.07) is 9.93. The summed E-state index contributed by atoms with van der Waals surface area (Å²) >= 11 is 0. The standard InChI is InChI=1S/C15H20N4O2/c20-14(12-4-2-1-3-5-12)10-18-8-6-13(7-9-18)19-11-16-17-15(19)21/h1-5,11,13-14,20H,6-10H2,(H,17,21)/t14-/m1/s1. The van der Waals surface area contributed by atoms with E-state index in [1.807, 2.05) is 30.3 Å². The lowest BCUT2D eigenvalue weighted by Gasteiger charge is -2.33. The van der Waals surface area contributed by atoms with Crippen molar-refractivity contribution in [3.63, 3.8) is 0 Å². The van der Waals surface area contributed by atoms with Gasteiger partial charge in [-0.15, -0.1) is 0 Å². The molecule has 1 aliphatic heterocycles. The molecule has 3 rings (SSSR count). The van der Waals surface area contributed by atoms with E-state index in [1.54, 1.807) is 10.9 Å². The number of rotatable bonds is 4. The quantitative estimate of drug-likeness (QED) is 0.878. The van der Waals surface area contributed by atoms with Crippen LogP contribution in [0.3, 0.4) is 0 Å². The Hall–Kier alpha value is -1.92. The van der Waals surface area contributed by atoms with Gasteiger partial charge in [-0.1, -0.05) is 30.3 Å². The van der Waals surface area contributed by atoms with Crippen LogP contribution in [0.15, 0.2) is 41.5 Å². The van der Waals surface area contributed by atoms with Gasteiger partial charge in [-0.25, -0.2) is 9.89 Å². The molecule has 2 heterocycles. The number of aliphatic hydroxyl groups is 1. The lowest BCUT2D eigenvalue weighted by molar-refractivity contribution is 0.0901. The van der Waals surface area contributed by atoms with Crippen molar-refractivity contribution in [2.45, 2.75) is 25.0 Å². The SMILES string of the molecule is O=c1[nH]ncn1C1CCN(C[C@@H](O)c2ccccc2)CC1. The van der Waals surface area contributed by atoms with E-state index in [4.69, 9.17) is 0 Å². The molecule has 1 atom stereocenters. The summed E-state index contributed by atoms with van der Waals surface area (Å²) in [6.45, 7) is 2.40. The molecule has 0 saturated carbocycles. The van der Waals surface area contributed by atoms with Crippen LogP contribution in [0.5, 0.6) is 0 Å². The fraction of sp³-hybridized carbons (Fsp3) is 0.467. The maximum Gasteiger partial charge on any atom is 0.343 e. The van der Waals surface area contributed by atoms with Crippen LogP contribution in [-0.4, -0.2) is 44.4 Å². The van der Waals surface area contributed by atoms with Gasteiger partial charge in [0.05, 0.1) is 6.10 Å². The van der Waals surface area contributed by atoms with E-state index in [0.717, 1.165) is 31.5 Å². The number of likely N-dealkylation sites (tertiary alicyclic amines) is 1. The number of β-amino-alcohol motifs (C(OH)–C–C–N with tert-alkyl or cyclic N) is 1. The Labute approximate surface area is 123 Å². The lowest BCUT2D eigenvalue weighted by atomic mass is 10.0. The molecule has 1 fully saturated rings. The molecule has 0 radical (unpaired) electrons. The first-order valence-electron chi connectivity index (χ1n) is 7.31. The van der Waals surface area contributed by atoms with Gasteiger partial charge < -0.3 is 10.0 Å². The molecule has 0 spiro atoms. The molecule has 21 heavy (non-hydrogen) atoms. The maximum atomic E-state index is 11.6. The van der Waals surface area contributed by atoms with Crippen LogP contribution in [0, 0.1) is 0 Å². The van der Waals surface area contributed by atoms with Crippen LogP contribution in [0.2, 0.25) is 0 Å². The third-order valence-corrected chi connectivity index (χ3v) is 4.14. The fourth-order valence-corrected chi connectivity index (χ4v) is 2.92. The highest BCUT2D eigenvalue weighted by Gasteiger charge is 2.23. The zero-order valence-corrected chi connectivity index (χ0v) is 11.9. The number of nitrogens with zero attached hydrogens (tertiary/aromatic N) is 3. The minimum Gasteiger partial charge on any atom is -0.387 e. The van der Waals surface area contributed by atoms with Crippen molar-refractivity contribution in [1.29, 1.82) is 0 Å². The van der Waals surface area contributed by atoms with Crippen LogP contribution >= 0.6 is 0 Å². The van der Waals surface area contributed by atoms with Crippen molar-refractivity contribution in [3.8, 4) is 0 Å². The van der Waals surface area contributed by atoms with Crippen molar-refractivity contribution in [2.75, 3.05) is 19.6 Å². The monoisotopic (exact) mass is 288 g/mol. The van der Waals surface area contributed by atoms with Gasteiger partial charge in [-0.2, -0.15) is 5.10 Å². The average Bonchev–Trinajstić information content (AvgIpc) is 2.95. The molecule has 0 aliphatic carbocycles. The van der Waals surface area contributed by atoms with Crippen LogP contribution in [-0.2, 0) is 0 Å². The Kier molecular flexibility index (Phi) is 4.17. The average molecular weight is 288 g/mol. The number of hydrogen-bond acceptors (Lipinski definition) is 4. The van der Waals surface area contributed by atoms with E-state index < -0.39 is 6.10 Å². The van der Waals surface area contributed by atoms with Gasteiger partial charge >= 0.3 is 5.69 Å². The highest BCUT2D eigenvalue weighted by molar-refractivity contribution is 5.17. The molecule has 1 aromatic heterocycles. The second-order valence-electron chi connectivity index (χ2n) is 5.53. The van der Waals surface area contributed by atoms with Crippen molar-refractivity contribution >= 4 is 0 Å². The Morgan fingerprint density at radius 2 is 2.00 bits per heavy atom. The molecular weight excluding hydrogens is 268 g/mol. The number of aromatic amines is 1. The molecule has 2 aromatic rings. The highest BCUT2D eigenvalue weighted by Crippen LogP contribution is 2.22. The van der Waals surface area contributed by atoms with Crippen molar-refractivity contribution in [1.82, 2.24) is 19.7 Å². The molecule has 6 heteroatoms. The summed E-state index contributed by atoms with van der Waals surface area (Å²) in [5, 5.41) is 16.5. The number of aromatic nitrogens is 3. The van der Waals surface area contributed by atoms with Gasteiger partial charge in [0.15, 0.2) is 0 Å². The summed E-state index contributed by atoms with van der Waals surface area (Å²) < 4.78 is 1.67. The number of nitrogens with one attached hydrogen (secondary N) is 1. The second kappa shape index (κ2) is 6.24. The molecule has 1 saturated heterocycles. The minimum absolute atomic E-state index is 0.141. The van der Waals surface area contributed by atoms with E-state index in [0.29, 0.717) is 6.54 Å². The summed E-state index contributed by atoms with van der Waals surface area (Å²) in [5.41, 5.74) is 0.809. The van der Waals surface area contributed by atoms with Gasteiger partial charge in [-0.05, 0) is 18.4 Å². The zero-order chi connectivity index (χ0) is 14.7. The van der Waals surface area contributed by atoms with Crippen LogP contribution in [0.1, 0.15) is 30.6 Å². The van der Waals surface area contributed by atoms with Crippen LogP contribution in [0.25, 0.3) is 0 Å². The van der Waals surface area contributed by atoms with Crippen LogP contribution < -0.4 is 5.69 Å². The van der Waals surface area contributed by atoms with Crippen molar-refractivity contribution in [2.24, 2.45) is 0 Å². The lowest BCUT2D eigenvalue weighted by Crippen LogP contribution is -2.38. The summed E-state index contributed by atoms with van der Waals surface area (Å²) in [6.07, 6.45) is 2.92. The summed E-state index contributed by atoms with van der Waals surface area (Å²) in [5.74, 6) is 0. The second-order valence-corrected chi connectivity index (χ2v) is 5.53. The third kappa shape index (κ3) is 3.22. The van der Waals surface area contributed by atoms with E-state index in [2.05, 4.69) is 15.1 Å². The van der Waals surface area contributed by atoms with Gasteiger partial charge in [0.2, 0.25) is 0 Å². The van der Waals surface area contributed by atoms with E-state index in [1.165, 1.54) is 0 Å². The Bertz CT molecular complexity index is 614. The van der Waals surface area contributed by atoms with Crippen molar-refractivity contribution < 1.29 is 5.11 Å². The molecule has 2 N–H and O–H groups in total. The van der Waals surface area contributed by atoms with E-state index >= 15 is 0 Å². The summed E-state index contributed by atoms with van der Waals surface area (Å²) in [7, 11) is 0. The van der Waals surface area contributed by atoms with E-state index in [-0.39, 0.29) is 11.7 Å². The third-order valence-electron chi connectivity index (χ3n) is 4.14. The molecule has 0 unspecified atom stereocenters. The molecule has 6 nitrogen and oxygen atoms in total. The number of piperidine rings is 1. The number of benzene rings is 1. The maximum absolute atomic E-state index is 11.6. The van der Waals surface area contributed by atoms with Gasteiger partial charge in [-0.3, -0.25) is 4.57 Å². The molecule has 0 amide bonds. The predicted molar refractivity (Wildman–Crippen MR) is 79.0 cm³/mol. The van der Waals surface area contributed by atoms with Gasteiger partial charge in [0.1, 0.15) is 6.33 Å². The molecular formula is C15H20N4O2. The Balaban J connectivity index is 1.54. The molecule has 1 aliphatic rings. The topological polar surface area (TPSA) is 74.2 Å². The normalized spacial score (nSPS) is 18.7. The minimum atomic E-state index is -0.459. The van der Waals surface area contributed by atoms with Crippen LogP contribution in [0.4, 0.5) is 0 Å². The Morgan fingerprint density at radius 1 is 1.29 bits per heavy atom. The first-order valence-corrected chi connectivity index (χ1v) is 7.31. The molecule has 1 aromatic carbocycles. The largest absolute Gasteiger partial charge is 0.387 e. The predicted octanol–water partition coefficient (Wildman–Crippen LogP) is 0.942. The first kappa shape index (κ1) is 14.0. The smallest absolute Gasteiger partial charge is 0.343 e. The fourth-order valence-electron chi connectivity index (χ4n) is 2.92. The van der Waals surface area contributed by atoms with E-state index in [9.17, 15) is 9.90 Å². The van der Waals surface area contributed by atoms with Crippen molar-refractivity contribution in [3.05, 3.63) is 52.7 Å². The molecule has 0 bridgehead atoms. The zero-order valence-electron chi connectivity index (χ0n) is 11.9. The number of hydrogen-bond donors (Lipinski definition) is 2. The molecule has 112 valence electrons. The summed E-state index contributed by atoms with van der Waals surface area (Å²) in [4.78, 5) is 13.8. The first-order chi connectivity index (χ1) is 10.2. The van der Waals surface area contributed by atoms with Gasteiger partial charge in [0.25, 0.3) is 0 Å². The highest BCUT2D eigenvalue weighted by atomic mass is 16.3. The Morgan fingerprint density at radius 3 is 2.62 bits per heavy atom. The number of aliphatic hydroxyl groups excluding tert-OH is 1.